The van der Waals surface area contributed by atoms with Gasteiger partial charge >= 0.3 is 0 Å². The van der Waals surface area contributed by atoms with E-state index < -0.39 is 0 Å². The Hall–Kier alpha value is 0.440. The summed E-state index contributed by atoms with van der Waals surface area (Å²) in [4.78, 5) is 0. The van der Waals surface area contributed by atoms with Crippen molar-refractivity contribution in [3.05, 3.63) is 0 Å². The van der Waals surface area contributed by atoms with Gasteiger partial charge in [-0.15, -0.1) is 0 Å². The maximum absolute atomic E-state index is 6.02. The minimum absolute atomic E-state index is 0.600. The van der Waals surface area contributed by atoms with Gasteiger partial charge in [-0.05, 0) is 25.7 Å². The van der Waals surface area contributed by atoms with Crippen molar-refractivity contribution in [3.8, 4) is 0 Å². The van der Waals surface area contributed by atoms with E-state index in [2.05, 4.69) is 15.9 Å². The summed E-state index contributed by atoms with van der Waals surface area (Å²) in [5.41, 5.74) is 0. The van der Waals surface area contributed by atoms with Gasteiger partial charge in [0, 0.05) is 11.9 Å². The molecule has 1 aliphatic carbocycles. The first-order chi connectivity index (χ1) is 14.4. The van der Waals surface area contributed by atoms with Crippen LogP contribution in [0.2, 0.25) is 0 Å². The average Bonchev–Trinajstić information content (AvgIpc) is 2.75. The molecule has 0 bridgehead atoms. The maximum atomic E-state index is 6.02. The first-order valence-corrected chi connectivity index (χ1v) is 14.7. The Bertz CT molecular complexity index is 301. The minimum atomic E-state index is 0.600. The van der Waals surface area contributed by atoms with E-state index in [9.17, 15) is 0 Å². The van der Waals surface area contributed by atoms with Gasteiger partial charge in [0.2, 0.25) is 0 Å². The Balaban J connectivity index is 1.63. The van der Waals surface area contributed by atoms with Crippen LogP contribution in [0.1, 0.15) is 154 Å². The molecule has 0 radical (unpaired) electrons. The molecule has 1 fully saturated rings. The molecule has 0 amide bonds. The second-order valence-electron chi connectivity index (χ2n) is 9.54. The lowest BCUT2D eigenvalue weighted by atomic mass is 9.98. The van der Waals surface area contributed by atoms with E-state index in [0.29, 0.717) is 6.10 Å². The van der Waals surface area contributed by atoms with Crippen molar-refractivity contribution in [2.24, 2.45) is 0 Å². The number of ether oxygens (including phenoxy) is 1. The van der Waals surface area contributed by atoms with Crippen molar-refractivity contribution >= 4 is 15.9 Å². The molecule has 29 heavy (non-hydrogen) atoms. The molecule has 0 aromatic rings. The van der Waals surface area contributed by atoms with Gasteiger partial charge in [-0.25, -0.2) is 0 Å². The van der Waals surface area contributed by atoms with Crippen molar-refractivity contribution in [2.75, 3.05) is 11.9 Å². The minimum Gasteiger partial charge on any atom is -0.378 e. The summed E-state index contributed by atoms with van der Waals surface area (Å²) in [5.74, 6) is 0. The highest BCUT2D eigenvalue weighted by atomic mass is 79.9. The average molecular weight is 474 g/mol. The Kier molecular flexibility index (Phi) is 21.9. The van der Waals surface area contributed by atoms with Gasteiger partial charge in [-0.2, -0.15) is 0 Å². The van der Waals surface area contributed by atoms with E-state index in [1.165, 1.54) is 159 Å². The van der Waals surface area contributed by atoms with Crippen LogP contribution >= 0.6 is 15.9 Å². The standard InChI is InChI=1S/C27H53BrO/c28-25-21-16-14-12-10-8-6-4-2-1-3-5-7-9-11-13-15-17-22-26-29-27-23-19-18-20-24-27/h27H,1-26H2. The number of halogens is 1. The molecule has 1 rings (SSSR count). The molecule has 0 aliphatic heterocycles. The van der Waals surface area contributed by atoms with Gasteiger partial charge in [0.25, 0.3) is 0 Å². The molecule has 0 aromatic heterocycles. The van der Waals surface area contributed by atoms with Crippen molar-refractivity contribution in [3.63, 3.8) is 0 Å². The lowest BCUT2D eigenvalue weighted by molar-refractivity contribution is 0.0263. The quantitative estimate of drug-likeness (QED) is 0.112. The zero-order chi connectivity index (χ0) is 20.7. The first kappa shape index (κ1) is 27.5. The largest absolute Gasteiger partial charge is 0.378 e. The summed E-state index contributed by atoms with van der Waals surface area (Å²) in [5, 5.41) is 1.18. The van der Waals surface area contributed by atoms with Crippen LogP contribution in [0.5, 0.6) is 0 Å². The molecule has 0 saturated heterocycles. The highest BCUT2D eigenvalue weighted by Gasteiger charge is 2.12. The molecule has 174 valence electrons. The molecular formula is C27H53BrO. The number of hydrogen-bond acceptors (Lipinski definition) is 1. The molecule has 1 aliphatic rings. The van der Waals surface area contributed by atoms with Crippen molar-refractivity contribution in [1.82, 2.24) is 0 Å². The van der Waals surface area contributed by atoms with E-state index in [1.54, 1.807) is 0 Å². The van der Waals surface area contributed by atoms with Crippen LogP contribution in [-0.2, 0) is 4.74 Å². The highest BCUT2D eigenvalue weighted by molar-refractivity contribution is 9.09. The first-order valence-electron chi connectivity index (χ1n) is 13.6. The molecule has 0 aromatic carbocycles. The van der Waals surface area contributed by atoms with E-state index >= 15 is 0 Å². The molecule has 0 heterocycles. The molecule has 2 heteroatoms. The Morgan fingerprint density at radius 2 is 0.793 bits per heavy atom. The predicted molar refractivity (Wildman–Crippen MR) is 134 cm³/mol. The Morgan fingerprint density at radius 1 is 0.448 bits per heavy atom. The summed E-state index contributed by atoms with van der Waals surface area (Å²) < 4.78 is 6.02. The third-order valence-corrected chi connectivity index (χ3v) is 7.24. The van der Waals surface area contributed by atoms with E-state index in [1.807, 2.05) is 0 Å². The van der Waals surface area contributed by atoms with Crippen molar-refractivity contribution in [2.45, 2.75) is 160 Å². The fourth-order valence-corrected chi connectivity index (χ4v) is 5.08. The zero-order valence-corrected chi connectivity index (χ0v) is 21.3. The normalized spacial score (nSPS) is 15.2. The van der Waals surface area contributed by atoms with Crippen LogP contribution < -0.4 is 0 Å². The topological polar surface area (TPSA) is 9.23 Å². The van der Waals surface area contributed by atoms with E-state index in [-0.39, 0.29) is 0 Å². The fourth-order valence-electron chi connectivity index (χ4n) is 4.68. The van der Waals surface area contributed by atoms with Crippen molar-refractivity contribution in [1.29, 1.82) is 0 Å². The molecule has 1 nitrogen and oxygen atoms in total. The smallest absolute Gasteiger partial charge is 0.0575 e. The van der Waals surface area contributed by atoms with E-state index in [0.717, 1.165) is 6.61 Å². The molecule has 0 N–H and O–H groups in total. The summed E-state index contributed by atoms with van der Waals surface area (Å²) in [7, 11) is 0. The van der Waals surface area contributed by atoms with Gasteiger partial charge in [-0.1, -0.05) is 144 Å². The lowest BCUT2D eigenvalue weighted by Gasteiger charge is -2.21. The van der Waals surface area contributed by atoms with Crippen LogP contribution in [0.25, 0.3) is 0 Å². The van der Waals surface area contributed by atoms with Gasteiger partial charge in [0.1, 0.15) is 0 Å². The maximum Gasteiger partial charge on any atom is 0.0575 e. The van der Waals surface area contributed by atoms with Crippen LogP contribution in [0.15, 0.2) is 0 Å². The second-order valence-corrected chi connectivity index (χ2v) is 10.3. The lowest BCUT2D eigenvalue weighted by Crippen LogP contribution is -2.17. The molecule has 0 unspecified atom stereocenters. The number of alkyl halides is 1. The van der Waals surface area contributed by atoms with Crippen LogP contribution in [0.3, 0.4) is 0 Å². The summed E-state index contributed by atoms with van der Waals surface area (Å²) >= 11 is 3.51. The molecule has 0 atom stereocenters. The fraction of sp³-hybridized carbons (Fsp3) is 1.00. The zero-order valence-electron chi connectivity index (χ0n) is 19.7. The summed E-state index contributed by atoms with van der Waals surface area (Å²) in [6.07, 6.45) is 34.9. The third kappa shape index (κ3) is 20.1. The third-order valence-electron chi connectivity index (χ3n) is 6.68. The Labute approximate surface area is 192 Å². The summed E-state index contributed by atoms with van der Waals surface area (Å²) in [6.45, 7) is 1.02. The van der Waals surface area contributed by atoms with Gasteiger partial charge in [0.05, 0.1) is 6.10 Å². The number of unbranched alkanes of at least 4 members (excludes halogenated alkanes) is 18. The Morgan fingerprint density at radius 3 is 1.17 bits per heavy atom. The van der Waals surface area contributed by atoms with Gasteiger partial charge in [0.15, 0.2) is 0 Å². The van der Waals surface area contributed by atoms with Crippen LogP contribution in [0, 0.1) is 0 Å². The summed E-state index contributed by atoms with van der Waals surface area (Å²) in [6, 6.07) is 0. The monoisotopic (exact) mass is 472 g/mol. The van der Waals surface area contributed by atoms with Gasteiger partial charge < -0.3 is 4.74 Å². The van der Waals surface area contributed by atoms with Crippen molar-refractivity contribution < 1.29 is 4.74 Å². The molecule has 1 saturated carbocycles. The molecular weight excluding hydrogens is 420 g/mol. The van der Waals surface area contributed by atoms with E-state index in [4.69, 9.17) is 4.74 Å². The van der Waals surface area contributed by atoms with Crippen LogP contribution in [-0.4, -0.2) is 18.0 Å². The second kappa shape index (κ2) is 23.1. The van der Waals surface area contributed by atoms with Gasteiger partial charge in [-0.3, -0.25) is 0 Å². The molecule has 0 spiro atoms. The number of rotatable bonds is 22. The van der Waals surface area contributed by atoms with Crippen LogP contribution in [0.4, 0.5) is 0 Å². The number of hydrogen-bond donors (Lipinski definition) is 0. The predicted octanol–water partition coefficient (Wildman–Crippen LogP) is 10.1. The SMILES string of the molecule is BrCCCCCCCCCCCCCCCCCCCCCOC1CCCCC1. The highest BCUT2D eigenvalue weighted by Crippen LogP contribution is 2.20.